The summed E-state index contributed by atoms with van der Waals surface area (Å²) in [4.78, 5) is 12.2. The molecule has 0 unspecified atom stereocenters. The van der Waals surface area contributed by atoms with E-state index in [1.807, 2.05) is 18.2 Å². The minimum Gasteiger partial charge on any atom is -0.490 e. The molecule has 0 radical (unpaired) electrons. The Balaban J connectivity index is 1.96. The average Bonchev–Trinajstić information content (AvgIpc) is 2.40. The molecule has 0 aliphatic heterocycles. The summed E-state index contributed by atoms with van der Waals surface area (Å²) in [6.07, 6.45) is 3.97. The van der Waals surface area contributed by atoms with Gasteiger partial charge in [-0.2, -0.15) is 0 Å². The minimum absolute atomic E-state index is 0.299. The highest BCUT2D eigenvalue weighted by atomic mass is 35.5. The second kappa shape index (κ2) is 6.16. The summed E-state index contributed by atoms with van der Waals surface area (Å²) in [7, 11) is 1.54. The van der Waals surface area contributed by atoms with Gasteiger partial charge < -0.3 is 10.1 Å². The molecule has 0 bridgehead atoms. The van der Waals surface area contributed by atoms with E-state index < -0.39 is 0 Å². The van der Waals surface area contributed by atoms with Gasteiger partial charge in [-0.1, -0.05) is 17.7 Å². The van der Waals surface area contributed by atoms with Crippen molar-refractivity contribution < 1.29 is 4.74 Å². The number of nitrogens with zero attached hydrogens (tertiary/aromatic N) is 3. The topological polar surface area (TPSA) is 59.9 Å². The zero-order valence-electron chi connectivity index (χ0n) is 9.93. The van der Waals surface area contributed by atoms with Gasteiger partial charge in [0.15, 0.2) is 16.7 Å². The monoisotopic (exact) mass is 264 g/mol. The first kappa shape index (κ1) is 12.6. The van der Waals surface area contributed by atoms with E-state index in [0.29, 0.717) is 23.3 Å². The van der Waals surface area contributed by atoms with Crippen LogP contribution in [0.2, 0.25) is 5.15 Å². The molecule has 1 N–H and O–H groups in total. The van der Waals surface area contributed by atoms with Crippen LogP contribution < -0.4 is 10.1 Å². The second-order valence-electron chi connectivity index (χ2n) is 3.54. The van der Waals surface area contributed by atoms with E-state index in [1.54, 1.807) is 6.20 Å². The van der Waals surface area contributed by atoms with Crippen LogP contribution in [-0.2, 0) is 6.42 Å². The van der Waals surface area contributed by atoms with Gasteiger partial charge in [0.2, 0.25) is 0 Å². The number of hydrogen-bond acceptors (Lipinski definition) is 5. The van der Waals surface area contributed by atoms with Crippen molar-refractivity contribution >= 4 is 17.4 Å². The molecule has 94 valence electrons. The predicted octanol–water partition coefficient (Wildman–Crippen LogP) is 2.19. The number of nitrogens with one attached hydrogen (secondary N) is 1. The van der Waals surface area contributed by atoms with Crippen molar-refractivity contribution in [2.75, 3.05) is 19.0 Å². The third-order valence-corrected chi connectivity index (χ3v) is 2.63. The molecule has 0 spiro atoms. The van der Waals surface area contributed by atoms with Gasteiger partial charge in [-0.05, 0) is 12.1 Å². The fourth-order valence-electron chi connectivity index (χ4n) is 1.51. The first-order valence-electron chi connectivity index (χ1n) is 5.49. The van der Waals surface area contributed by atoms with Gasteiger partial charge >= 0.3 is 0 Å². The van der Waals surface area contributed by atoms with Gasteiger partial charge in [0, 0.05) is 24.9 Å². The van der Waals surface area contributed by atoms with Crippen LogP contribution in [-0.4, -0.2) is 28.6 Å². The fourth-order valence-corrected chi connectivity index (χ4v) is 1.72. The van der Waals surface area contributed by atoms with E-state index in [2.05, 4.69) is 20.3 Å². The Morgan fingerprint density at radius 2 is 2.17 bits per heavy atom. The average molecular weight is 265 g/mol. The van der Waals surface area contributed by atoms with Crippen molar-refractivity contribution in [1.29, 1.82) is 0 Å². The van der Waals surface area contributed by atoms with E-state index in [0.717, 1.165) is 12.1 Å². The number of hydrogen-bond donors (Lipinski definition) is 1. The molecule has 0 amide bonds. The van der Waals surface area contributed by atoms with Gasteiger partial charge in [0.05, 0.1) is 7.11 Å². The normalized spacial score (nSPS) is 10.1. The summed E-state index contributed by atoms with van der Waals surface area (Å²) in [6, 6.07) is 5.83. The number of aromatic nitrogens is 3. The summed E-state index contributed by atoms with van der Waals surface area (Å²) in [6.45, 7) is 0.695. The summed E-state index contributed by atoms with van der Waals surface area (Å²) in [5, 5.41) is 3.45. The summed E-state index contributed by atoms with van der Waals surface area (Å²) >= 11 is 5.90. The van der Waals surface area contributed by atoms with Crippen molar-refractivity contribution in [2.45, 2.75) is 6.42 Å². The largest absolute Gasteiger partial charge is 0.490 e. The summed E-state index contributed by atoms with van der Waals surface area (Å²) < 4.78 is 5.14. The molecule has 0 fully saturated rings. The fraction of sp³-hybridized carbons (Fsp3) is 0.250. The highest BCUT2D eigenvalue weighted by Crippen LogP contribution is 2.28. The number of methoxy groups -OCH3 is 1. The van der Waals surface area contributed by atoms with Crippen LogP contribution in [0.1, 0.15) is 5.69 Å². The lowest BCUT2D eigenvalue weighted by Gasteiger charge is -2.10. The summed E-state index contributed by atoms with van der Waals surface area (Å²) in [5.41, 5.74) is 1.02. The number of ether oxygens (including phenoxy) is 1. The number of rotatable bonds is 5. The molecule has 0 saturated heterocycles. The van der Waals surface area contributed by atoms with Gasteiger partial charge in [0.25, 0.3) is 0 Å². The molecular weight excluding hydrogens is 252 g/mol. The molecular formula is C12H13ClN4O. The van der Waals surface area contributed by atoms with Gasteiger partial charge in [-0.15, -0.1) is 0 Å². The Morgan fingerprint density at radius 3 is 2.89 bits per heavy atom. The van der Waals surface area contributed by atoms with E-state index in [1.165, 1.54) is 13.4 Å². The van der Waals surface area contributed by atoms with Gasteiger partial charge in [-0.3, -0.25) is 4.98 Å². The zero-order chi connectivity index (χ0) is 12.8. The maximum Gasteiger partial charge on any atom is 0.198 e. The Morgan fingerprint density at radius 1 is 1.28 bits per heavy atom. The molecule has 2 aromatic heterocycles. The third-order valence-electron chi connectivity index (χ3n) is 2.36. The quantitative estimate of drug-likeness (QED) is 0.839. The Bertz CT molecular complexity index is 507. The second-order valence-corrected chi connectivity index (χ2v) is 3.90. The van der Waals surface area contributed by atoms with Crippen molar-refractivity contribution in [2.24, 2.45) is 0 Å². The first-order chi connectivity index (χ1) is 8.81. The van der Waals surface area contributed by atoms with Crippen molar-refractivity contribution in [3.8, 4) is 5.75 Å². The van der Waals surface area contributed by atoms with Crippen LogP contribution in [0.15, 0.2) is 30.7 Å². The maximum atomic E-state index is 5.90. The molecule has 0 saturated carbocycles. The Labute approximate surface area is 110 Å². The molecule has 2 rings (SSSR count). The van der Waals surface area contributed by atoms with Crippen molar-refractivity contribution in [3.63, 3.8) is 0 Å². The van der Waals surface area contributed by atoms with E-state index >= 15 is 0 Å². The SMILES string of the molecule is COc1c(Cl)ncnc1NCCc1ccccn1. The zero-order valence-corrected chi connectivity index (χ0v) is 10.7. The van der Waals surface area contributed by atoms with Crippen LogP contribution in [0.25, 0.3) is 0 Å². The third kappa shape index (κ3) is 3.07. The number of halogens is 1. The van der Waals surface area contributed by atoms with Gasteiger partial charge in [-0.25, -0.2) is 9.97 Å². The Hall–Kier alpha value is -1.88. The lowest BCUT2D eigenvalue weighted by atomic mass is 10.3. The summed E-state index contributed by atoms with van der Waals surface area (Å²) in [5.74, 6) is 1.05. The molecule has 2 heterocycles. The number of anilines is 1. The van der Waals surface area contributed by atoms with Crippen LogP contribution in [0.3, 0.4) is 0 Å². The lowest BCUT2D eigenvalue weighted by molar-refractivity contribution is 0.413. The predicted molar refractivity (Wildman–Crippen MR) is 70.0 cm³/mol. The van der Waals surface area contributed by atoms with Crippen LogP contribution in [0, 0.1) is 0 Å². The Kier molecular flexibility index (Phi) is 4.30. The van der Waals surface area contributed by atoms with Crippen LogP contribution in [0.4, 0.5) is 5.82 Å². The minimum atomic E-state index is 0.299. The molecule has 5 nitrogen and oxygen atoms in total. The van der Waals surface area contributed by atoms with E-state index in [4.69, 9.17) is 16.3 Å². The van der Waals surface area contributed by atoms with Crippen LogP contribution in [0.5, 0.6) is 5.75 Å². The highest BCUT2D eigenvalue weighted by molar-refractivity contribution is 6.31. The highest BCUT2D eigenvalue weighted by Gasteiger charge is 2.09. The van der Waals surface area contributed by atoms with E-state index in [-0.39, 0.29) is 0 Å². The van der Waals surface area contributed by atoms with Crippen molar-refractivity contribution in [3.05, 3.63) is 41.6 Å². The van der Waals surface area contributed by atoms with E-state index in [9.17, 15) is 0 Å². The molecule has 0 aliphatic carbocycles. The standard InChI is InChI=1S/C12H13ClN4O/c1-18-10-11(13)16-8-17-12(10)15-7-5-9-4-2-3-6-14-9/h2-4,6,8H,5,7H2,1H3,(H,15,16,17). The smallest absolute Gasteiger partial charge is 0.198 e. The molecule has 0 atom stereocenters. The first-order valence-corrected chi connectivity index (χ1v) is 5.87. The van der Waals surface area contributed by atoms with Crippen molar-refractivity contribution in [1.82, 2.24) is 15.0 Å². The number of pyridine rings is 1. The molecule has 2 aromatic rings. The molecule has 0 aliphatic rings. The van der Waals surface area contributed by atoms with Gasteiger partial charge in [0.1, 0.15) is 6.33 Å². The maximum absolute atomic E-state index is 5.90. The van der Waals surface area contributed by atoms with Crippen LogP contribution >= 0.6 is 11.6 Å². The lowest BCUT2D eigenvalue weighted by Crippen LogP contribution is -2.09. The molecule has 0 aromatic carbocycles. The molecule has 18 heavy (non-hydrogen) atoms. The molecule has 6 heteroatoms.